The zero-order valence-corrected chi connectivity index (χ0v) is 15.8. The van der Waals surface area contributed by atoms with Crippen LogP contribution < -0.4 is 9.80 Å². The maximum atomic E-state index is 4.68. The molecule has 136 valence electrons. The van der Waals surface area contributed by atoms with Gasteiger partial charge in [-0.25, -0.2) is 4.98 Å². The fourth-order valence-electron chi connectivity index (χ4n) is 3.30. The zero-order valence-electron chi connectivity index (χ0n) is 15.8. The molecule has 7 heteroatoms. The van der Waals surface area contributed by atoms with Gasteiger partial charge in [0.25, 0.3) is 0 Å². The van der Waals surface area contributed by atoms with Crippen LogP contribution in [0.3, 0.4) is 0 Å². The van der Waals surface area contributed by atoms with Crippen LogP contribution in [0.2, 0.25) is 0 Å². The van der Waals surface area contributed by atoms with Gasteiger partial charge in [0, 0.05) is 52.7 Å². The molecule has 2 aromatic heterocycles. The molecule has 0 amide bonds. The van der Waals surface area contributed by atoms with Crippen LogP contribution in [0.4, 0.5) is 11.8 Å². The van der Waals surface area contributed by atoms with E-state index in [1.807, 2.05) is 42.1 Å². The predicted molar refractivity (Wildman–Crippen MR) is 101 cm³/mol. The molecule has 0 saturated carbocycles. The summed E-state index contributed by atoms with van der Waals surface area (Å²) < 4.78 is 2.03. The summed E-state index contributed by atoms with van der Waals surface area (Å²) in [5.41, 5.74) is 1.22. The first-order valence-corrected chi connectivity index (χ1v) is 8.97. The Morgan fingerprint density at radius 1 is 1.24 bits per heavy atom. The summed E-state index contributed by atoms with van der Waals surface area (Å²) in [5, 5.41) is 4.38. The second-order valence-electron chi connectivity index (χ2n) is 7.10. The number of aromatic nitrogens is 4. The van der Waals surface area contributed by atoms with E-state index in [1.54, 1.807) is 0 Å². The minimum absolute atomic E-state index is 0.450. The first kappa shape index (κ1) is 17.7. The van der Waals surface area contributed by atoms with Gasteiger partial charge in [0.05, 0.1) is 12.7 Å². The molecule has 0 bridgehead atoms. The molecule has 0 aromatic carbocycles. The molecule has 7 nitrogen and oxygen atoms in total. The van der Waals surface area contributed by atoms with Crippen LogP contribution in [0.25, 0.3) is 0 Å². The zero-order chi connectivity index (χ0) is 17.8. The van der Waals surface area contributed by atoms with Crippen LogP contribution in [0.15, 0.2) is 24.7 Å². The lowest BCUT2D eigenvalue weighted by molar-refractivity contribution is 0.196. The van der Waals surface area contributed by atoms with Gasteiger partial charge < -0.3 is 9.80 Å². The highest BCUT2D eigenvalue weighted by atomic mass is 15.3. The number of rotatable bonds is 6. The normalized spacial score (nSPS) is 18.3. The Labute approximate surface area is 150 Å². The van der Waals surface area contributed by atoms with Crippen LogP contribution >= 0.6 is 0 Å². The largest absolute Gasteiger partial charge is 0.363 e. The van der Waals surface area contributed by atoms with Crippen molar-refractivity contribution >= 4 is 11.8 Å². The van der Waals surface area contributed by atoms with Crippen molar-refractivity contribution in [3.63, 3.8) is 0 Å². The number of likely N-dealkylation sites (tertiary alicyclic amines) is 1. The van der Waals surface area contributed by atoms with Crippen molar-refractivity contribution in [1.82, 2.24) is 24.6 Å². The van der Waals surface area contributed by atoms with Crippen molar-refractivity contribution in [3.05, 3.63) is 30.2 Å². The van der Waals surface area contributed by atoms with Gasteiger partial charge in [0.15, 0.2) is 0 Å². The van der Waals surface area contributed by atoms with E-state index in [0.29, 0.717) is 6.04 Å². The molecule has 0 radical (unpaired) electrons. The Kier molecular flexibility index (Phi) is 5.53. The summed E-state index contributed by atoms with van der Waals surface area (Å²) >= 11 is 0. The number of nitrogens with zero attached hydrogens (tertiary/aromatic N) is 7. The Bertz CT molecular complexity index is 682. The fourth-order valence-corrected chi connectivity index (χ4v) is 3.30. The average molecular weight is 343 g/mol. The Hall–Kier alpha value is -2.15. The Morgan fingerprint density at radius 3 is 2.80 bits per heavy atom. The van der Waals surface area contributed by atoms with Gasteiger partial charge in [-0.3, -0.25) is 9.58 Å². The third-order valence-corrected chi connectivity index (χ3v) is 4.84. The summed E-state index contributed by atoms with van der Waals surface area (Å²) in [6.07, 6.45) is 8.26. The SMILES string of the molecule is Cc1cnn(CCN2CCCC(N(C)c3nccc(N(C)C)n3)C2)c1. The molecule has 1 aliphatic rings. The average Bonchev–Trinajstić information content (AvgIpc) is 3.05. The van der Waals surface area contributed by atoms with Gasteiger partial charge in [-0.1, -0.05) is 0 Å². The topological polar surface area (TPSA) is 53.3 Å². The maximum absolute atomic E-state index is 4.68. The molecule has 0 aliphatic carbocycles. The first-order chi connectivity index (χ1) is 12.0. The van der Waals surface area contributed by atoms with E-state index in [1.165, 1.54) is 18.4 Å². The molecule has 1 aliphatic heterocycles. The van der Waals surface area contributed by atoms with Crippen LogP contribution in [0.1, 0.15) is 18.4 Å². The van der Waals surface area contributed by atoms with Crippen LogP contribution in [-0.4, -0.2) is 71.5 Å². The lowest BCUT2D eigenvalue weighted by atomic mass is 10.0. The van der Waals surface area contributed by atoms with E-state index in [0.717, 1.165) is 37.9 Å². The number of anilines is 2. The number of likely N-dealkylation sites (N-methyl/N-ethyl adjacent to an activating group) is 1. The van der Waals surface area contributed by atoms with Crippen molar-refractivity contribution in [1.29, 1.82) is 0 Å². The van der Waals surface area contributed by atoms with E-state index >= 15 is 0 Å². The summed E-state index contributed by atoms with van der Waals surface area (Å²) in [6, 6.07) is 2.39. The fraction of sp³-hybridized carbons (Fsp3) is 0.611. The predicted octanol–water partition coefficient (Wildman–Crippen LogP) is 1.65. The molecule has 1 fully saturated rings. The van der Waals surface area contributed by atoms with E-state index in [9.17, 15) is 0 Å². The molecular weight excluding hydrogens is 314 g/mol. The second kappa shape index (κ2) is 7.82. The lowest BCUT2D eigenvalue weighted by Crippen LogP contribution is -2.47. The number of aryl methyl sites for hydroxylation is 1. The maximum Gasteiger partial charge on any atom is 0.227 e. The van der Waals surface area contributed by atoms with Crippen molar-refractivity contribution < 1.29 is 0 Å². The first-order valence-electron chi connectivity index (χ1n) is 8.97. The van der Waals surface area contributed by atoms with E-state index < -0.39 is 0 Å². The van der Waals surface area contributed by atoms with Crippen molar-refractivity contribution in [2.75, 3.05) is 50.6 Å². The van der Waals surface area contributed by atoms with Crippen molar-refractivity contribution in [2.45, 2.75) is 32.4 Å². The number of piperidine rings is 1. The van der Waals surface area contributed by atoms with Crippen LogP contribution in [0, 0.1) is 6.92 Å². The van der Waals surface area contributed by atoms with Gasteiger partial charge in [-0.15, -0.1) is 0 Å². The Morgan fingerprint density at radius 2 is 2.08 bits per heavy atom. The van der Waals surface area contributed by atoms with Crippen LogP contribution in [-0.2, 0) is 6.54 Å². The summed E-state index contributed by atoms with van der Waals surface area (Å²) in [4.78, 5) is 15.9. The molecule has 0 spiro atoms. The summed E-state index contributed by atoms with van der Waals surface area (Å²) in [5.74, 6) is 1.75. The molecule has 0 N–H and O–H groups in total. The lowest BCUT2D eigenvalue weighted by Gasteiger charge is -2.37. The van der Waals surface area contributed by atoms with Gasteiger partial charge >= 0.3 is 0 Å². The minimum Gasteiger partial charge on any atom is -0.363 e. The van der Waals surface area contributed by atoms with Crippen molar-refractivity contribution in [3.8, 4) is 0 Å². The standard InChI is InChI=1S/C18H29N7/c1-15-12-20-25(13-15)11-10-24-9-5-6-16(14-24)23(4)18-19-8-7-17(21-18)22(2)3/h7-8,12-13,16H,5-6,9-11,14H2,1-4H3. The Balaban J connectivity index is 1.59. The van der Waals surface area contributed by atoms with E-state index in [-0.39, 0.29) is 0 Å². The van der Waals surface area contributed by atoms with E-state index in [2.05, 4.69) is 45.0 Å². The molecule has 1 unspecified atom stereocenters. The smallest absolute Gasteiger partial charge is 0.227 e. The molecule has 2 aromatic rings. The van der Waals surface area contributed by atoms with Gasteiger partial charge in [-0.2, -0.15) is 10.1 Å². The third kappa shape index (κ3) is 4.48. The third-order valence-electron chi connectivity index (χ3n) is 4.84. The van der Waals surface area contributed by atoms with E-state index in [4.69, 9.17) is 0 Å². The monoisotopic (exact) mass is 343 g/mol. The van der Waals surface area contributed by atoms with Gasteiger partial charge in [0.1, 0.15) is 5.82 Å². The molecule has 25 heavy (non-hydrogen) atoms. The highest BCUT2D eigenvalue weighted by molar-refractivity contribution is 5.42. The minimum atomic E-state index is 0.450. The van der Waals surface area contributed by atoms with Gasteiger partial charge in [0.2, 0.25) is 5.95 Å². The quantitative estimate of drug-likeness (QED) is 0.795. The van der Waals surface area contributed by atoms with Crippen LogP contribution in [0.5, 0.6) is 0 Å². The number of hydrogen-bond donors (Lipinski definition) is 0. The molecule has 3 heterocycles. The van der Waals surface area contributed by atoms with Crippen molar-refractivity contribution in [2.24, 2.45) is 0 Å². The molecule has 1 atom stereocenters. The number of hydrogen-bond acceptors (Lipinski definition) is 6. The highest BCUT2D eigenvalue weighted by Crippen LogP contribution is 2.20. The summed E-state index contributed by atoms with van der Waals surface area (Å²) in [7, 11) is 6.12. The molecule has 3 rings (SSSR count). The molecule has 1 saturated heterocycles. The highest BCUT2D eigenvalue weighted by Gasteiger charge is 2.24. The second-order valence-corrected chi connectivity index (χ2v) is 7.10. The van der Waals surface area contributed by atoms with Gasteiger partial charge in [-0.05, 0) is 37.9 Å². The molecular formula is C18H29N7. The summed E-state index contributed by atoms with van der Waals surface area (Å²) in [6.45, 7) is 6.26.